The second-order valence-corrected chi connectivity index (χ2v) is 10.2. The summed E-state index contributed by atoms with van der Waals surface area (Å²) in [5.74, 6) is -0.0959. The van der Waals surface area contributed by atoms with Crippen molar-refractivity contribution in [2.75, 3.05) is 45.2 Å². The minimum Gasteiger partial charge on any atom is -0.485 e. The van der Waals surface area contributed by atoms with Gasteiger partial charge in [0, 0.05) is 82.7 Å². The average molecular weight is 531 g/mol. The fourth-order valence-corrected chi connectivity index (χ4v) is 5.59. The van der Waals surface area contributed by atoms with Gasteiger partial charge < -0.3 is 29.9 Å². The summed E-state index contributed by atoms with van der Waals surface area (Å²) in [7, 11) is 3.93. The Balaban J connectivity index is 1.52. The number of rotatable bonds is 8. The first-order chi connectivity index (χ1) is 18.7. The van der Waals surface area contributed by atoms with E-state index in [0.717, 1.165) is 22.5 Å². The molecule has 0 saturated heterocycles. The second-order valence-electron chi connectivity index (χ2n) is 10.2. The lowest BCUT2D eigenvalue weighted by atomic mass is 9.70. The maximum absolute atomic E-state index is 13.1. The number of ether oxygens (including phenoxy) is 2. The number of carbonyl (C=O) groups excluding carboxylic acids is 3. The van der Waals surface area contributed by atoms with Gasteiger partial charge in [0.2, 0.25) is 11.8 Å². The molecule has 3 aliphatic rings. The Labute approximate surface area is 228 Å². The van der Waals surface area contributed by atoms with E-state index < -0.39 is 5.60 Å². The molecular formula is C30H34N4O5. The summed E-state index contributed by atoms with van der Waals surface area (Å²) >= 11 is 0. The molecule has 3 atom stereocenters. The van der Waals surface area contributed by atoms with E-state index in [1.165, 1.54) is 13.8 Å². The standard InChI is InChI=1S/C30H34N4O5/c1-19(35)31-13-15-33(3)21-9-11-25-27(17-21)38-28-18-22(34(4)16-14-32-20(2)36)10-12-26(28)30(25)24-8-6-5-7-23(24)29(37)39-30/h5-12,17-18,25,27H,13-16H2,1-4H3,(H,31,35)(H,32,36)/t25-,27+,30-/m1/s1. The highest BCUT2D eigenvalue weighted by molar-refractivity contribution is 5.96. The number of fused-ring (bicyclic) bond motifs is 6. The van der Waals surface area contributed by atoms with Crippen molar-refractivity contribution in [3.8, 4) is 5.75 Å². The monoisotopic (exact) mass is 530 g/mol. The number of allylic oxidation sites excluding steroid dienone is 1. The Morgan fingerprint density at radius 2 is 1.64 bits per heavy atom. The Morgan fingerprint density at radius 1 is 0.949 bits per heavy atom. The number of esters is 1. The highest BCUT2D eigenvalue weighted by Crippen LogP contribution is 2.56. The largest absolute Gasteiger partial charge is 0.485 e. The van der Waals surface area contributed by atoms with Gasteiger partial charge in [-0.3, -0.25) is 9.59 Å². The fourth-order valence-electron chi connectivity index (χ4n) is 5.59. The molecule has 9 heteroatoms. The molecule has 2 amide bonds. The molecule has 2 aromatic carbocycles. The van der Waals surface area contributed by atoms with E-state index in [0.29, 0.717) is 37.5 Å². The van der Waals surface area contributed by atoms with Crippen LogP contribution < -0.4 is 20.3 Å². The van der Waals surface area contributed by atoms with E-state index in [-0.39, 0.29) is 29.8 Å². The van der Waals surface area contributed by atoms with E-state index in [9.17, 15) is 14.4 Å². The molecule has 2 aromatic rings. The molecule has 2 aliphatic heterocycles. The van der Waals surface area contributed by atoms with Crippen molar-refractivity contribution in [2.45, 2.75) is 25.6 Å². The lowest BCUT2D eigenvalue weighted by Gasteiger charge is -2.45. The number of hydrogen-bond donors (Lipinski definition) is 2. The van der Waals surface area contributed by atoms with Crippen molar-refractivity contribution < 1.29 is 23.9 Å². The number of amides is 2. The molecule has 2 N–H and O–H groups in total. The SMILES string of the molecule is CC(=O)NCCN(C)C1=C[C@@H]2Oc3cc(N(C)CCNC(C)=O)ccc3[C@]3(OC(=O)c4ccccc43)[C@@H]2C=C1. The topological polar surface area (TPSA) is 100 Å². The van der Waals surface area contributed by atoms with Crippen LogP contribution in [0.15, 0.2) is 66.4 Å². The van der Waals surface area contributed by atoms with Crippen LogP contribution >= 0.6 is 0 Å². The number of nitrogens with zero attached hydrogens (tertiary/aromatic N) is 2. The van der Waals surface area contributed by atoms with E-state index in [1.807, 2.05) is 67.5 Å². The van der Waals surface area contributed by atoms with Crippen LogP contribution in [-0.4, -0.2) is 69.1 Å². The van der Waals surface area contributed by atoms with Crippen molar-refractivity contribution in [1.29, 1.82) is 0 Å². The van der Waals surface area contributed by atoms with Gasteiger partial charge in [0.1, 0.15) is 11.9 Å². The van der Waals surface area contributed by atoms with Crippen LogP contribution in [0.1, 0.15) is 35.3 Å². The van der Waals surface area contributed by atoms with Gasteiger partial charge in [-0.15, -0.1) is 0 Å². The molecule has 1 spiro atoms. The molecule has 0 aromatic heterocycles. The highest BCUT2D eigenvalue weighted by atomic mass is 16.6. The van der Waals surface area contributed by atoms with E-state index in [1.54, 1.807) is 0 Å². The van der Waals surface area contributed by atoms with Crippen LogP contribution in [0.2, 0.25) is 0 Å². The molecule has 204 valence electrons. The van der Waals surface area contributed by atoms with E-state index >= 15 is 0 Å². The first kappa shape index (κ1) is 26.3. The van der Waals surface area contributed by atoms with Crippen LogP contribution in [0, 0.1) is 5.92 Å². The molecule has 0 unspecified atom stereocenters. The summed E-state index contributed by atoms with van der Waals surface area (Å²) in [4.78, 5) is 39.8. The first-order valence-electron chi connectivity index (χ1n) is 13.2. The summed E-state index contributed by atoms with van der Waals surface area (Å²) in [6.07, 6.45) is 5.77. The van der Waals surface area contributed by atoms with Crippen molar-refractivity contribution in [2.24, 2.45) is 5.92 Å². The minimum atomic E-state index is -1.02. The molecule has 0 radical (unpaired) electrons. The number of nitrogens with one attached hydrogen (secondary N) is 2. The van der Waals surface area contributed by atoms with E-state index in [2.05, 4.69) is 27.7 Å². The van der Waals surface area contributed by atoms with Crippen molar-refractivity contribution in [3.05, 3.63) is 83.1 Å². The molecule has 39 heavy (non-hydrogen) atoms. The second kappa shape index (κ2) is 10.5. The number of hydrogen-bond acceptors (Lipinski definition) is 7. The maximum atomic E-state index is 13.1. The lowest BCUT2D eigenvalue weighted by Crippen LogP contribution is -2.49. The number of anilines is 1. The van der Waals surface area contributed by atoms with Crippen LogP contribution in [-0.2, 0) is 19.9 Å². The third-order valence-electron chi connectivity index (χ3n) is 7.59. The fraction of sp³-hybridized carbons (Fsp3) is 0.367. The first-order valence-corrected chi connectivity index (χ1v) is 13.2. The number of likely N-dealkylation sites (N-methyl/N-ethyl adjacent to an activating group) is 2. The molecule has 0 saturated carbocycles. The minimum absolute atomic E-state index is 0.0645. The van der Waals surface area contributed by atoms with Crippen molar-refractivity contribution >= 4 is 23.5 Å². The summed E-state index contributed by atoms with van der Waals surface area (Å²) in [5.41, 5.74) is 3.07. The summed E-state index contributed by atoms with van der Waals surface area (Å²) in [6.45, 7) is 5.31. The van der Waals surface area contributed by atoms with Gasteiger partial charge in [0.25, 0.3) is 0 Å². The molecule has 5 rings (SSSR count). The van der Waals surface area contributed by atoms with Crippen molar-refractivity contribution in [3.63, 3.8) is 0 Å². The third kappa shape index (κ3) is 4.84. The normalized spacial score (nSPS) is 22.1. The Morgan fingerprint density at radius 3 is 2.36 bits per heavy atom. The smallest absolute Gasteiger partial charge is 0.339 e. The molecule has 0 bridgehead atoms. The van der Waals surface area contributed by atoms with Crippen LogP contribution in [0.3, 0.4) is 0 Å². The predicted molar refractivity (Wildman–Crippen MR) is 147 cm³/mol. The van der Waals surface area contributed by atoms with Gasteiger partial charge >= 0.3 is 5.97 Å². The predicted octanol–water partition coefficient (Wildman–Crippen LogP) is 2.57. The average Bonchev–Trinajstić information content (AvgIpc) is 3.20. The van der Waals surface area contributed by atoms with Crippen LogP contribution in [0.25, 0.3) is 0 Å². The van der Waals surface area contributed by atoms with Gasteiger partial charge in [0.05, 0.1) is 11.5 Å². The summed E-state index contributed by atoms with van der Waals surface area (Å²) in [6, 6.07) is 13.5. The number of carbonyl (C=O) groups is 3. The Kier molecular flexibility index (Phi) is 7.08. The summed E-state index contributed by atoms with van der Waals surface area (Å²) in [5, 5.41) is 5.65. The van der Waals surface area contributed by atoms with Gasteiger partial charge in [-0.2, -0.15) is 0 Å². The molecular weight excluding hydrogens is 496 g/mol. The van der Waals surface area contributed by atoms with Crippen LogP contribution in [0.4, 0.5) is 5.69 Å². The highest BCUT2D eigenvalue weighted by Gasteiger charge is 2.58. The summed E-state index contributed by atoms with van der Waals surface area (Å²) < 4.78 is 12.9. The van der Waals surface area contributed by atoms with E-state index in [4.69, 9.17) is 9.47 Å². The van der Waals surface area contributed by atoms with Gasteiger partial charge in [0.15, 0.2) is 5.60 Å². The van der Waals surface area contributed by atoms with Gasteiger partial charge in [-0.25, -0.2) is 4.79 Å². The maximum Gasteiger partial charge on any atom is 0.339 e. The molecule has 9 nitrogen and oxygen atoms in total. The zero-order valence-corrected chi connectivity index (χ0v) is 22.7. The van der Waals surface area contributed by atoms with Gasteiger partial charge in [-0.1, -0.05) is 24.3 Å². The Bertz CT molecular complexity index is 1370. The molecule has 1 aliphatic carbocycles. The zero-order valence-electron chi connectivity index (χ0n) is 22.7. The molecule has 2 heterocycles. The third-order valence-corrected chi connectivity index (χ3v) is 7.59. The lowest BCUT2D eigenvalue weighted by molar-refractivity contribution is -0.119. The van der Waals surface area contributed by atoms with Crippen LogP contribution in [0.5, 0.6) is 5.75 Å². The Hall–Kier alpha value is -4.27. The number of benzene rings is 2. The van der Waals surface area contributed by atoms with Gasteiger partial charge in [-0.05, 0) is 30.4 Å². The zero-order chi connectivity index (χ0) is 27.7. The molecule has 0 fully saturated rings. The van der Waals surface area contributed by atoms with Crippen molar-refractivity contribution in [1.82, 2.24) is 15.5 Å². The quantitative estimate of drug-likeness (QED) is 0.506.